The van der Waals surface area contributed by atoms with Crippen LogP contribution >= 0.6 is 0 Å². The van der Waals surface area contributed by atoms with Crippen LogP contribution in [0.5, 0.6) is 11.5 Å². The average Bonchev–Trinajstić information content (AvgIpc) is 3.18. The third-order valence-corrected chi connectivity index (χ3v) is 3.99. The van der Waals surface area contributed by atoms with Crippen LogP contribution in [-0.2, 0) is 13.2 Å². The number of benzene rings is 1. The van der Waals surface area contributed by atoms with E-state index in [1.54, 1.807) is 25.8 Å². The number of methoxy groups -OCH3 is 1. The largest absolute Gasteiger partial charge is 0.493 e. The van der Waals surface area contributed by atoms with E-state index in [1.807, 2.05) is 42.5 Å². The van der Waals surface area contributed by atoms with Gasteiger partial charge in [0, 0.05) is 18.4 Å². The standard InChI is InChI=1S/C20H22N2O3/c1-15(22-13-18-4-3-11-24-18)17-5-6-19(20(12-17)23-2)25-14-16-7-9-21-10-8-16/h3-12,15,22H,13-14H2,1-2H3. The van der Waals surface area contributed by atoms with Crippen LogP contribution in [0.15, 0.2) is 65.5 Å². The Kier molecular flexibility index (Phi) is 5.69. The van der Waals surface area contributed by atoms with Gasteiger partial charge < -0.3 is 19.2 Å². The number of nitrogens with one attached hydrogen (secondary N) is 1. The van der Waals surface area contributed by atoms with E-state index in [4.69, 9.17) is 13.9 Å². The Morgan fingerprint density at radius 2 is 1.96 bits per heavy atom. The zero-order valence-corrected chi connectivity index (χ0v) is 14.4. The lowest BCUT2D eigenvalue weighted by Crippen LogP contribution is -2.17. The number of furan rings is 1. The lowest BCUT2D eigenvalue weighted by molar-refractivity contribution is 0.284. The molecule has 1 N–H and O–H groups in total. The molecule has 25 heavy (non-hydrogen) atoms. The highest BCUT2D eigenvalue weighted by molar-refractivity contribution is 5.44. The molecule has 0 aliphatic carbocycles. The fourth-order valence-corrected chi connectivity index (χ4v) is 2.50. The normalized spacial score (nSPS) is 11.9. The molecule has 0 bridgehead atoms. The summed E-state index contributed by atoms with van der Waals surface area (Å²) >= 11 is 0. The smallest absolute Gasteiger partial charge is 0.161 e. The van der Waals surface area contributed by atoms with Gasteiger partial charge in [-0.05, 0) is 54.4 Å². The minimum atomic E-state index is 0.160. The molecule has 0 spiro atoms. The van der Waals surface area contributed by atoms with Gasteiger partial charge >= 0.3 is 0 Å². The van der Waals surface area contributed by atoms with Gasteiger partial charge in [-0.2, -0.15) is 0 Å². The summed E-state index contributed by atoms with van der Waals surface area (Å²) in [7, 11) is 1.65. The highest BCUT2D eigenvalue weighted by Gasteiger charge is 2.11. The molecule has 0 aliphatic heterocycles. The minimum absolute atomic E-state index is 0.160. The van der Waals surface area contributed by atoms with E-state index in [1.165, 1.54) is 0 Å². The van der Waals surface area contributed by atoms with E-state index in [-0.39, 0.29) is 6.04 Å². The zero-order chi connectivity index (χ0) is 17.5. The molecule has 5 nitrogen and oxygen atoms in total. The second kappa shape index (κ2) is 8.35. The van der Waals surface area contributed by atoms with Crippen molar-refractivity contribution in [3.8, 4) is 11.5 Å². The Hall–Kier alpha value is -2.79. The maximum Gasteiger partial charge on any atom is 0.161 e. The minimum Gasteiger partial charge on any atom is -0.493 e. The lowest BCUT2D eigenvalue weighted by atomic mass is 10.1. The van der Waals surface area contributed by atoms with E-state index in [0.717, 1.165) is 28.4 Å². The van der Waals surface area contributed by atoms with Crippen LogP contribution in [0.2, 0.25) is 0 Å². The van der Waals surface area contributed by atoms with Gasteiger partial charge in [0.2, 0.25) is 0 Å². The maximum absolute atomic E-state index is 5.88. The van der Waals surface area contributed by atoms with Gasteiger partial charge in [0.25, 0.3) is 0 Å². The molecule has 0 saturated carbocycles. The summed E-state index contributed by atoms with van der Waals surface area (Å²) in [6.07, 6.45) is 5.19. The van der Waals surface area contributed by atoms with Crippen molar-refractivity contribution in [1.82, 2.24) is 10.3 Å². The van der Waals surface area contributed by atoms with Gasteiger partial charge in [-0.15, -0.1) is 0 Å². The Morgan fingerprint density at radius 1 is 1.12 bits per heavy atom. The SMILES string of the molecule is COc1cc(C(C)NCc2ccco2)ccc1OCc1ccncc1. The first-order valence-corrected chi connectivity index (χ1v) is 8.21. The zero-order valence-electron chi connectivity index (χ0n) is 14.4. The van der Waals surface area contributed by atoms with Gasteiger partial charge in [0.15, 0.2) is 11.5 Å². The molecule has 2 heterocycles. The van der Waals surface area contributed by atoms with Crippen LogP contribution in [0, 0.1) is 0 Å². The average molecular weight is 338 g/mol. The number of pyridine rings is 1. The highest BCUT2D eigenvalue weighted by atomic mass is 16.5. The molecule has 0 saturated heterocycles. The molecule has 0 amide bonds. The first-order chi connectivity index (χ1) is 12.3. The summed E-state index contributed by atoms with van der Waals surface area (Å²) in [4.78, 5) is 4.01. The number of hydrogen-bond donors (Lipinski definition) is 1. The van der Waals surface area contributed by atoms with Gasteiger partial charge in [0.05, 0.1) is 19.9 Å². The highest BCUT2D eigenvalue weighted by Crippen LogP contribution is 2.31. The maximum atomic E-state index is 5.88. The molecule has 0 radical (unpaired) electrons. The van der Waals surface area contributed by atoms with Crippen LogP contribution in [0.3, 0.4) is 0 Å². The van der Waals surface area contributed by atoms with Crippen molar-refractivity contribution < 1.29 is 13.9 Å². The second-order valence-electron chi connectivity index (χ2n) is 5.74. The van der Waals surface area contributed by atoms with E-state index in [2.05, 4.69) is 17.2 Å². The monoisotopic (exact) mass is 338 g/mol. The number of aromatic nitrogens is 1. The predicted octanol–water partition coefficient (Wildman–Crippen LogP) is 4.11. The molecule has 130 valence electrons. The Bertz CT molecular complexity index is 773. The molecule has 3 rings (SSSR count). The van der Waals surface area contributed by atoms with Gasteiger partial charge in [0.1, 0.15) is 12.4 Å². The predicted molar refractivity (Wildman–Crippen MR) is 95.5 cm³/mol. The fourth-order valence-electron chi connectivity index (χ4n) is 2.50. The van der Waals surface area contributed by atoms with Crippen molar-refractivity contribution >= 4 is 0 Å². The molecule has 1 atom stereocenters. The Balaban J connectivity index is 1.64. The number of hydrogen-bond acceptors (Lipinski definition) is 5. The van der Waals surface area contributed by atoms with E-state index in [0.29, 0.717) is 13.2 Å². The van der Waals surface area contributed by atoms with Crippen LogP contribution in [0.4, 0.5) is 0 Å². The molecular formula is C20H22N2O3. The van der Waals surface area contributed by atoms with E-state index in [9.17, 15) is 0 Å². The van der Waals surface area contributed by atoms with Gasteiger partial charge in [-0.1, -0.05) is 6.07 Å². The Morgan fingerprint density at radius 3 is 2.68 bits per heavy atom. The molecule has 3 aromatic rings. The number of ether oxygens (including phenoxy) is 2. The number of rotatable bonds is 8. The van der Waals surface area contributed by atoms with Crippen molar-refractivity contribution in [1.29, 1.82) is 0 Å². The number of nitrogens with zero attached hydrogens (tertiary/aromatic N) is 1. The van der Waals surface area contributed by atoms with Crippen LogP contribution in [-0.4, -0.2) is 12.1 Å². The molecule has 1 unspecified atom stereocenters. The van der Waals surface area contributed by atoms with Crippen molar-refractivity contribution in [3.05, 3.63) is 78.0 Å². The summed E-state index contributed by atoms with van der Waals surface area (Å²) in [5, 5.41) is 3.43. The molecule has 5 heteroatoms. The third kappa shape index (κ3) is 4.61. The Labute approximate surface area is 147 Å². The van der Waals surface area contributed by atoms with Crippen molar-refractivity contribution in [2.75, 3.05) is 7.11 Å². The van der Waals surface area contributed by atoms with E-state index < -0.39 is 0 Å². The second-order valence-corrected chi connectivity index (χ2v) is 5.74. The quantitative estimate of drug-likeness (QED) is 0.670. The lowest BCUT2D eigenvalue weighted by Gasteiger charge is -2.17. The van der Waals surface area contributed by atoms with Crippen molar-refractivity contribution in [3.63, 3.8) is 0 Å². The molecule has 0 fully saturated rings. The first-order valence-electron chi connectivity index (χ1n) is 8.21. The summed E-state index contributed by atoms with van der Waals surface area (Å²) in [5.41, 5.74) is 2.19. The van der Waals surface area contributed by atoms with Crippen LogP contribution < -0.4 is 14.8 Å². The van der Waals surface area contributed by atoms with Crippen LogP contribution in [0.1, 0.15) is 29.9 Å². The van der Waals surface area contributed by atoms with Gasteiger partial charge in [-0.3, -0.25) is 4.98 Å². The molecule has 0 aliphatic rings. The van der Waals surface area contributed by atoms with Crippen molar-refractivity contribution in [2.24, 2.45) is 0 Å². The topological polar surface area (TPSA) is 56.5 Å². The molecule has 2 aromatic heterocycles. The summed E-state index contributed by atoms with van der Waals surface area (Å²) < 4.78 is 16.7. The summed E-state index contributed by atoms with van der Waals surface area (Å²) in [5.74, 6) is 2.36. The molecular weight excluding hydrogens is 316 g/mol. The summed E-state index contributed by atoms with van der Waals surface area (Å²) in [6, 6.07) is 13.9. The van der Waals surface area contributed by atoms with Crippen molar-refractivity contribution in [2.45, 2.75) is 26.1 Å². The van der Waals surface area contributed by atoms with Crippen LogP contribution in [0.25, 0.3) is 0 Å². The molecule has 1 aromatic carbocycles. The summed E-state index contributed by atoms with van der Waals surface area (Å²) in [6.45, 7) is 3.26. The van der Waals surface area contributed by atoms with Gasteiger partial charge in [-0.25, -0.2) is 0 Å². The first kappa shape index (κ1) is 17.0. The third-order valence-electron chi connectivity index (χ3n) is 3.99. The van der Waals surface area contributed by atoms with E-state index >= 15 is 0 Å². The fraction of sp³-hybridized carbons (Fsp3) is 0.250.